The minimum Gasteiger partial charge on any atom is -0.482 e. The van der Waals surface area contributed by atoms with Crippen LogP contribution >= 0.6 is 0 Å². The number of carbonyl (C=O) groups is 2. The van der Waals surface area contributed by atoms with Crippen molar-refractivity contribution < 1.29 is 27.5 Å². The molecule has 1 aromatic rings. The summed E-state index contributed by atoms with van der Waals surface area (Å²) >= 11 is 0. The maximum Gasteiger partial charge on any atom is 0.344 e. The molecule has 1 saturated heterocycles. The SMILES string of the molecule is Cc1cc(OCC(=O)O[C@H](C)C(=O)N(C)[C@H]2CCS(=O)(=O)C2)ccc1C(C)C. The molecule has 8 heteroatoms. The topological polar surface area (TPSA) is 90.0 Å². The van der Waals surface area contributed by atoms with Gasteiger partial charge in [0.25, 0.3) is 5.91 Å². The van der Waals surface area contributed by atoms with E-state index in [1.165, 1.54) is 24.4 Å². The van der Waals surface area contributed by atoms with Crippen LogP contribution in [0.1, 0.15) is 44.2 Å². The van der Waals surface area contributed by atoms with Gasteiger partial charge in [-0.05, 0) is 49.4 Å². The number of ether oxygens (including phenoxy) is 2. The smallest absolute Gasteiger partial charge is 0.344 e. The summed E-state index contributed by atoms with van der Waals surface area (Å²) in [7, 11) is -1.56. The van der Waals surface area contributed by atoms with Gasteiger partial charge in [-0.25, -0.2) is 13.2 Å². The normalized spacial score (nSPS) is 19.3. The second kappa shape index (κ2) is 8.94. The summed E-state index contributed by atoms with van der Waals surface area (Å²) in [6, 6.07) is 5.26. The van der Waals surface area contributed by atoms with Gasteiger partial charge in [-0.15, -0.1) is 0 Å². The highest BCUT2D eigenvalue weighted by atomic mass is 32.2. The largest absolute Gasteiger partial charge is 0.482 e. The zero-order valence-corrected chi connectivity index (χ0v) is 17.9. The fraction of sp³-hybridized carbons (Fsp3) is 0.600. The standard InChI is InChI=1S/C20H29NO6S/c1-13(2)18-7-6-17(10-14(18)3)26-11-19(22)27-15(4)20(23)21(5)16-8-9-28(24,25)12-16/h6-7,10,13,15-16H,8-9,11-12H2,1-5H3/t15-,16+/m1/s1. The maximum atomic E-state index is 12.4. The van der Waals surface area contributed by atoms with E-state index in [1.54, 1.807) is 6.07 Å². The van der Waals surface area contributed by atoms with Crippen molar-refractivity contribution in [3.05, 3.63) is 29.3 Å². The lowest BCUT2D eigenvalue weighted by Gasteiger charge is -2.26. The minimum atomic E-state index is -3.10. The van der Waals surface area contributed by atoms with Crippen molar-refractivity contribution in [2.45, 2.75) is 52.2 Å². The number of likely N-dealkylation sites (N-methyl/N-ethyl adjacent to an activating group) is 1. The highest BCUT2D eigenvalue weighted by Crippen LogP contribution is 2.23. The van der Waals surface area contributed by atoms with Crippen molar-refractivity contribution in [3.8, 4) is 5.75 Å². The summed E-state index contributed by atoms with van der Waals surface area (Å²) in [5.41, 5.74) is 2.30. The van der Waals surface area contributed by atoms with Crippen molar-refractivity contribution in [1.82, 2.24) is 4.90 Å². The van der Waals surface area contributed by atoms with Gasteiger partial charge in [0.15, 0.2) is 22.5 Å². The van der Waals surface area contributed by atoms with Crippen LogP contribution in [0.25, 0.3) is 0 Å². The van der Waals surface area contributed by atoms with Crippen molar-refractivity contribution >= 4 is 21.7 Å². The van der Waals surface area contributed by atoms with E-state index in [0.29, 0.717) is 18.1 Å². The Bertz CT molecular complexity index is 833. The third kappa shape index (κ3) is 5.70. The van der Waals surface area contributed by atoms with E-state index in [9.17, 15) is 18.0 Å². The first-order valence-corrected chi connectivity index (χ1v) is 11.2. The van der Waals surface area contributed by atoms with Crippen LogP contribution in [0.15, 0.2) is 18.2 Å². The van der Waals surface area contributed by atoms with Crippen LogP contribution in [0.4, 0.5) is 0 Å². The van der Waals surface area contributed by atoms with Gasteiger partial charge in [-0.3, -0.25) is 4.79 Å². The molecule has 28 heavy (non-hydrogen) atoms. The first kappa shape index (κ1) is 22.2. The molecule has 0 aliphatic carbocycles. The summed E-state index contributed by atoms with van der Waals surface area (Å²) in [5, 5.41) is 0. The van der Waals surface area contributed by atoms with Crippen molar-refractivity contribution in [2.24, 2.45) is 0 Å². The number of amides is 1. The molecule has 2 atom stereocenters. The minimum absolute atomic E-state index is 0.0509. The molecule has 0 N–H and O–H groups in total. The van der Waals surface area contributed by atoms with Crippen LogP contribution in [0.2, 0.25) is 0 Å². The zero-order chi connectivity index (χ0) is 21.1. The lowest BCUT2D eigenvalue weighted by molar-refractivity contribution is -0.160. The van der Waals surface area contributed by atoms with Crippen LogP contribution < -0.4 is 4.74 Å². The fourth-order valence-corrected chi connectivity index (χ4v) is 5.13. The molecule has 0 spiro atoms. The zero-order valence-electron chi connectivity index (χ0n) is 17.1. The van der Waals surface area contributed by atoms with Gasteiger partial charge in [-0.2, -0.15) is 0 Å². The summed E-state index contributed by atoms with van der Waals surface area (Å²) in [6.07, 6.45) is -0.602. The highest BCUT2D eigenvalue weighted by Gasteiger charge is 2.34. The van der Waals surface area contributed by atoms with E-state index in [4.69, 9.17) is 9.47 Å². The van der Waals surface area contributed by atoms with Crippen molar-refractivity contribution in [1.29, 1.82) is 0 Å². The Balaban J connectivity index is 1.85. The van der Waals surface area contributed by atoms with Gasteiger partial charge in [0.05, 0.1) is 11.5 Å². The highest BCUT2D eigenvalue weighted by molar-refractivity contribution is 7.91. The second-order valence-corrected chi connectivity index (χ2v) is 9.83. The molecule has 0 unspecified atom stereocenters. The summed E-state index contributed by atoms with van der Waals surface area (Å²) < 4.78 is 33.8. The molecular formula is C20H29NO6S. The van der Waals surface area contributed by atoms with Gasteiger partial charge in [0, 0.05) is 13.1 Å². The van der Waals surface area contributed by atoms with Crippen molar-refractivity contribution in [3.63, 3.8) is 0 Å². The predicted molar refractivity (Wildman–Crippen MR) is 106 cm³/mol. The molecule has 1 aliphatic heterocycles. The van der Waals surface area contributed by atoms with Gasteiger partial charge >= 0.3 is 5.97 Å². The van der Waals surface area contributed by atoms with Crippen LogP contribution in [-0.4, -0.2) is 62.5 Å². The average Bonchev–Trinajstić information content (AvgIpc) is 2.98. The Labute approximate surface area is 166 Å². The number of benzene rings is 1. The van der Waals surface area contributed by atoms with Gasteiger partial charge in [-0.1, -0.05) is 19.9 Å². The number of sulfone groups is 1. The number of rotatable bonds is 7. The molecule has 1 aliphatic rings. The quantitative estimate of drug-likeness (QED) is 0.638. The molecular weight excluding hydrogens is 382 g/mol. The molecule has 2 rings (SSSR count). The lowest BCUT2D eigenvalue weighted by Crippen LogP contribution is -2.44. The van der Waals surface area contributed by atoms with E-state index in [1.807, 2.05) is 19.1 Å². The maximum absolute atomic E-state index is 12.4. The summed E-state index contributed by atoms with van der Waals surface area (Å²) in [5.74, 6) is -0.0906. The van der Waals surface area contributed by atoms with E-state index >= 15 is 0 Å². The van der Waals surface area contributed by atoms with E-state index in [0.717, 1.165) is 5.56 Å². The van der Waals surface area contributed by atoms with Crippen LogP contribution in [0, 0.1) is 6.92 Å². The molecule has 0 radical (unpaired) electrons. The molecule has 7 nitrogen and oxygen atoms in total. The fourth-order valence-electron chi connectivity index (χ4n) is 3.36. The monoisotopic (exact) mass is 411 g/mol. The first-order valence-electron chi connectivity index (χ1n) is 9.40. The Morgan fingerprint density at radius 1 is 1.25 bits per heavy atom. The third-order valence-corrected chi connectivity index (χ3v) is 6.73. The van der Waals surface area contributed by atoms with Gasteiger partial charge in [0.2, 0.25) is 0 Å². The van der Waals surface area contributed by atoms with Crippen LogP contribution in [-0.2, 0) is 24.2 Å². The molecule has 1 fully saturated rings. The second-order valence-electron chi connectivity index (χ2n) is 7.60. The molecule has 0 aromatic heterocycles. The Kier molecular flexibility index (Phi) is 7.09. The van der Waals surface area contributed by atoms with E-state index < -0.39 is 27.8 Å². The number of aryl methyl sites for hydroxylation is 1. The lowest BCUT2D eigenvalue weighted by atomic mass is 9.98. The number of hydrogen-bond acceptors (Lipinski definition) is 6. The van der Waals surface area contributed by atoms with E-state index in [2.05, 4.69) is 13.8 Å². The summed E-state index contributed by atoms with van der Waals surface area (Å²) in [6.45, 7) is 7.37. The number of carbonyl (C=O) groups excluding carboxylic acids is 2. The molecule has 1 aromatic carbocycles. The number of nitrogens with zero attached hydrogens (tertiary/aromatic N) is 1. The molecule has 1 heterocycles. The molecule has 156 valence electrons. The van der Waals surface area contributed by atoms with Crippen molar-refractivity contribution in [2.75, 3.05) is 25.2 Å². The van der Waals surface area contributed by atoms with Gasteiger partial charge in [0.1, 0.15) is 5.75 Å². The van der Waals surface area contributed by atoms with Crippen LogP contribution in [0.3, 0.4) is 0 Å². The average molecular weight is 412 g/mol. The molecule has 0 bridgehead atoms. The third-order valence-electron chi connectivity index (χ3n) is 4.98. The molecule has 1 amide bonds. The van der Waals surface area contributed by atoms with Crippen LogP contribution in [0.5, 0.6) is 5.75 Å². The predicted octanol–water partition coefficient (Wildman–Crippen LogP) is 2.07. The number of hydrogen-bond donors (Lipinski definition) is 0. The Morgan fingerprint density at radius 3 is 2.46 bits per heavy atom. The van der Waals surface area contributed by atoms with Gasteiger partial charge < -0.3 is 14.4 Å². The summed E-state index contributed by atoms with van der Waals surface area (Å²) in [4.78, 5) is 25.8. The Hall–Kier alpha value is -2.09. The Morgan fingerprint density at radius 2 is 1.93 bits per heavy atom. The molecule has 0 saturated carbocycles. The first-order chi connectivity index (χ1) is 13.0. The van der Waals surface area contributed by atoms with E-state index in [-0.39, 0.29) is 24.2 Å². The number of esters is 1.